The SMILES string of the molecule is C[C@@H]1Oc2ccccc2N(CCC(=O)NCCC(=O)N2CCCC2)C1=O. The van der Waals surface area contributed by atoms with E-state index in [2.05, 4.69) is 5.32 Å². The molecule has 0 aliphatic carbocycles. The average molecular weight is 359 g/mol. The lowest BCUT2D eigenvalue weighted by molar-refractivity contribution is -0.130. The van der Waals surface area contributed by atoms with Crippen LogP contribution in [0.3, 0.4) is 0 Å². The molecule has 3 amide bonds. The molecule has 2 aliphatic rings. The van der Waals surface area contributed by atoms with Gasteiger partial charge in [0.05, 0.1) is 5.69 Å². The van der Waals surface area contributed by atoms with Gasteiger partial charge < -0.3 is 19.9 Å². The number of carbonyl (C=O) groups is 3. The molecule has 3 rings (SSSR count). The molecule has 1 N–H and O–H groups in total. The Hall–Kier alpha value is -2.57. The van der Waals surface area contributed by atoms with Crippen LogP contribution < -0.4 is 15.0 Å². The number of carbonyl (C=O) groups excluding carboxylic acids is 3. The fourth-order valence-corrected chi connectivity index (χ4v) is 3.32. The highest BCUT2D eigenvalue weighted by molar-refractivity contribution is 6.00. The summed E-state index contributed by atoms with van der Waals surface area (Å²) >= 11 is 0. The zero-order valence-corrected chi connectivity index (χ0v) is 15.1. The Balaban J connectivity index is 1.46. The highest BCUT2D eigenvalue weighted by atomic mass is 16.5. The zero-order chi connectivity index (χ0) is 18.5. The average Bonchev–Trinajstić information content (AvgIpc) is 3.17. The van der Waals surface area contributed by atoms with E-state index in [0.717, 1.165) is 25.9 Å². The van der Waals surface area contributed by atoms with Crippen molar-refractivity contribution in [2.45, 2.75) is 38.7 Å². The van der Waals surface area contributed by atoms with Crippen molar-refractivity contribution in [3.63, 3.8) is 0 Å². The number of amides is 3. The maximum Gasteiger partial charge on any atom is 0.267 e. The summed E-state index contributed by atoms with van der Waals surface area (Å²) < 4.78 is 5.59. The Morgan fingerprint density at radius 3 is 2.69 bits per heavy atom. The predicted octanol–water partition coefficient (Wildman–Crippen LogP) is 1.32. The third-order valence-electron chi connectivity index (χ3n) is 4.76. The molecule has 7 heteroatoms. The zero-order valence-electron chi connectivity index (χ0n) is 15.1. The molecule has 0 radical (unpaired) electrons. The second-order valence-electron chi connectivity index (χ2n) is 6.66. The molecule has 140 valence electrons. The van der Waals surface area contributed by atoms with Crippen molar-refractivity contribution in [3.8, 4) is 5.75 Å². The number of fused-ring (bicyclic) bond motifs is 1. The van der Waals surface area contributed by atoms with Crippen molar-refractivity contribution in [1.29, 1.82) is 0 Å². The lowest BCUT2D eigenvalue weighted by atomic mass is 10.1. The summed E-state index contributed by atoms with van der Waals surface area (Å²) in [5.41, 5.74) is 0.688. The number of hydrogen-bond donors (Lipinski definition) is 1. The first-order valence-corrected chi connectivity index (χ1v) is 9.18. The molecule has 0 unspecified atom stereocenters. The molecule has 2 heterocycles. The van der Waals surface area contributed by atoms with Gasteiger partial charge in [0, 0.05) is 39.0 Å². The maximum atomic E-state index is 12.4. The second kappa shape index (κ2) is 8.21. The minimum atomic E-state index is -0.564. The highest BCUT2D eigenvalue weighted by Crippen LogP contribution is 2.33. The summed E-state index contributed by atoms with van der Waals surface area (Å²) in [4.78, 5) is 39.8. The molecule has 1 fully saturated rings. The lowest BCUT2D eigenvalue weighted by Gasteiger charge is -2.32. The molecule has 0 bridgehead atoms. The van der Waals surface area contributed by atoms with Crippen LogP contribution >= 0.6 is 0 Å². The molecule has 1 aromatic carbocycles. The molecule has 1 aromatic rings. The van der Waals surface area contributed by atoms with Crippen LogP contribution in [-0.4, -0.2) is 54.9 Å². The lowest BCUT2D eigenvalue weighted by Crippen LogP contribution is -2.45. The van der Waals surface area contributed by atoms with Gasteiger partial charge in [-0.3, -0.25) is 14.4 Å². The molecule has 0 aromatic heterocycles. The number of anilines is 1. The van der Waals surface area contributed by atoms with Crippen molar-refractivity contribution in [2.24, 2.45) is 0 Å². The van der Waals surface area contributed by atoms with E-state index < -0.39 is 6.10 Å². The molecule has 1 saturated heterocycles. The third kappa shape index (κ3) is 4.15. The van der Waals surface area contributed by atoms with Gasteiger partial charge in [0.2, 0.25) is 11.8 Å². The van der Waals surface area contributed by atoms with E-state index in [1.54, 1.807) is 11.8 Å². The van der Waals surface area contributed by atoms with Gasteiger partial charge in [0.1, 0.15) is 5.75 Å². The molecule has 0 spiro atoms. The van der Waals surface area contributed by atoms with Gasteiger partial charge >= 0.3 is 0 Å². The summed E-state index contributed by atoms with van der Waals surface area (Å²) in [6.07, 6.45) is 2.07. The first-order chi connectivity index (χ1) is 12.6. The Labute approximate surface area is 153 Å². The van der Waals surface area contributed by atoms with E-state index in [9.17, 15) is 14.4 Å². The highest BCUT2D eigenvalue weighted by Gasteiger charge is 2.31. The summed E-state index contributed by atoms with van der Waals surface area (Å²) in [6, 6.07) is 7.31. The number of benzene rings is 1. The van der Waals surface area contributed by atoms with Crippen LogP contribution in [-0.2, 0) is 14.4 Å². The molecular formula is C19H25N3O4. The molecule has 26 heavy (non-hydrogen) atoms. The van der Waals surface area contributed by atoms with Crippen molar-refractivity contribution in [3.05, 3.63) is 24.3 Å². The quantitative estimate of drug-likeness (QED) is 0.831. The first-order valence-electron chi connectivity index (χ1n) is 9.18. The van der Waals surface area contributed by atoms with Crippen LogP contribution in [0.25, 0.3) is 0 Å². The Morgan fingerprint density at radius 2 is 1.92 bits per heavy atom. The van der Waals surface area contributed by atoms with E-state index in [0.29, 0.717) is 24.4 Å². The normalized spacial score (nSPS) is 19.1. The van der Waals surface area contributed by atoms with Crippen LogP contribution in [0.1, 0.15) is 32.6 Å². The van der Waals surface area contributed by atoms with Gasteiger partial charge in [-0.1, -0.05) is 12.1 Å². The Morgan fingerprint density at radius 1 is 1.19 bits per heavy atom. The Bertz CT molecular complexity index is 685. The van der Waals surface area contributed by atoms with E-state index >= 15 is 0 Å². The minimum absolute atomic E-state index is 0.0916. The summed E-state index contributed by atoms with van der Waals surface area (Å²) in [7, 11) is 0. The number of nitrogens with zero attached hydrogens (tertiary/aromatic N) is 2. The van der Waals surface area contributed by atoms with Gasteiger partial charge in [-0.25, -0.2) is 0 Å². The topological polar surface area (TPSA) is 79.0 Å². The van der Waals surface area contributed by atoms with Crippen LogP contribution in [0.4, 0.5) is 5.69 Å². The predicted molar refractivity (Wildman–Crippen MR) is 96.9 cm³/mol. The fraction of sp³-hybridized carbons (Fsp3) is 0.526. The molecular weight excluding hydrogens is 334 g/mol. The number of rotatable bonds is 6. The molecule has 1 atom stereocenters. The smallest absolute Gasteiger partial charge is 0.267 e. The first kappa shape index (κ1) is 18.2. The monoisotopic (exact) mass is 359 g/mol. The molecule has 7 nitrogen and oxygen atoms in total. The fourth-order valence-electron chi connectivity index (χ4n) is 3.32. The van der Waals surface area contributed by atoms with Gasteiger partial charge in [-0.15, -0.1) is 0 Å². The van der Waals surface area contributed by atoms with E-state index in [1.807, 2.05) is 29.2 Å². The van der Waals surface area contributed by atoms with Crippen LogP contribution in [0.15, 0.2) is 24.3 Å². The van der Waals surface area contributed by atoms with Crippen molar-refractivity contribution < 1.29 is 19.1 Å². The molecule has 0 saturated carbocycles. The van der Waals surface area contributed by atoms with Gasteiger partial charge in [0.15, 0.2) is 6.10 Å². The van der Waals surface area contributed by atoms with Crippen molar-refractivity contribution in [2.75, 3.05) is 31.1 Å². The van der Waals surface area contributed by atoms with E-state index in [-0.39, 0.29) is 30.7 Å². The molecule has 2 aliphatic heterocycles. The van der Waals surface area contributed by atoms with Crippen LogP contribution in [0, 0.1) is 0 Å². The largest absolute Gasteiger partial charge is 0.479 e. The van der Waals surface area contributed by atoms with E-state index in [1.165, 1.54) is 0 Å². The number of hydrogen-bond acceptors (Lipinski definition) is 4. The van der Waals surface area contributed by atoms with Gasteiger partial charge in [-0.2, -0.15) is 0 Å². The van der Waals surface area contributed by atoms with Crippen LogP contribution in [0.5, 0.6) is 5.75 Å². The van der Waals surface area contributed by atoms with Crippen molar-refractivity contribution in [1.82, 2.24) is 10.2 Å². The number of likely N-dealkylation sites (tertiary alicyclic amines) is 1. The maximum absolute atomic E-state index is 12.4. The third-order valence-corrected chi connectivity index (χ3v) is 4.76. The number of nitrogens with one attached hydrogen (secondary N) is 1. The van der Waals surface area contributed by atoms with Gasteiger partial charge in [-0.05, 0) is 31.9 Å². The summed E-state index contributed by atoms with van der Waals surface area (Å²) in [6.45, 7) is 3.97. The summed E-state index contributed by atoms with van der Waals surface area (Å²) in [5.74, 6) is 0.425. The van der Waals surface area contributed by atoms with E-state index in [4.69, 9.17) is 4.74 Å². The summed E-state index contributed by atoms with van der Waals surface area (Å²) in [5, 5.41) is 2.77. The van der Waals surface area contributed by atoms with Crippen molar-refractivity contribution >= 4 is 23.4 Å². The second-order valence-corrected chi connectivity index (χ2v) is 6.66. The van der Waals surface area contributed by atoms with Gasteiger partial charge in [0.25, 0.3) is 5.91 Å². The number of para-hydroxylation sites is 2. The Kier molecular flexibility index (Phi) is 5.75. The number of ether oxygens (including phenoxy) is 1. The van der Waals surface area contributed by atoms with Crippen LogP contribution in [0.2, 0.25) is 0 Å². The minimum Gasteiger partial charge on any atom is -0.479 e. The standard InChI is InChI=1S/C19H25N3O4/c1-14-19(25)22(15-6-2-3-7-16(15)26-14)13-9-17(23)20-10-8-18(24)21-11-4-5-12-21/h2-3,6-7,14H,4-5,8-13H2,1H3,(H,20,23)/t14-/m0/s1.